The predicted molar refractivity (Wildman–Crippen MR) is 85.9 cm³/mol. The number of hydrogen-bond acceptors (Lipinski definition) is 4. The van der Waals surface area contributed by atoms with Crippen molar-refractivity contribution >= 4 is 23.7 Å². The molecule has 0 aliphatic rings. The number of rotatable bonds is 4. The maximum Gasteiger partial charge on any atom is 0.272 e. The molecule has 0 spiro atoms. The quantitative estimate of drug-likeness (QED) is 0.672. The largest absolute Gasteiger partial charge is 0.504 e. The second-order valence-corrected chi connectivity index (χ2v) is 5.02. The number of aromatic hydroxyl groups is 1. The van der Waals surface area contributed by atoms with Crippen molar-refractivity contribution in [3.63, 3.8) is 0 Å². The van der Waals surface area contributed by atoms with Gasteiger partial charge in [-0.3, -0.25) is 4.79 Å². The van der Waals surface area contributed by atoms with Gasteiger partial charge in [0.15, 0.2) is 11.5 Å². The summed E-state index contributed by atoms with van der Waals surface area (Å²) < 4.78 is 4.99. The van der Waals surface area contributed by atoms with Gasteiger partial charge in [-0.15, -0.1) is 0 Å². The number of nitrogens with one attached hydrogen (secondary N) is 1. The van der Waals surface area contributed by atoms with E-state index in [1.165, 1.54) is 19.4 Å². The fraction of sp³-hybridized carbons (Fsp3) is 0.125. The van der Waals surface area contributed by atoms with Gasteiger partial charge in [-0.2, -0.15) is 5.10 Å². The van der Waals surface area contributed by atoms with E-state index in [-0.39, 0.29) is 5.75 Å². The molecule has 0 aliphatic carbocycles. The number of phenols is 1. The Bertz CT molecular complexity index is 729. The third-order valence-electron chi connectivity index (χ3n) is 2.95. The molecule has 2 rings (SSSR count). The van der Waals surface area contributed by atoms with Crippen molar-refractivity contribution < 1.29 is 14.6 Å². The molecule has 0 fully saturated rings. The van der Waals surface area contributed by atoms with Crippen molar-refractivity contribution in [3.05, 3.63) is 58.1 Å². The van der Waals surface area contributed by atoms with Crippen LogP contribution in [-0.2, 0) is 0 Å². The highest BCUT2D eigenvalue weighted by molar-refractivity contribution is 6.33. The van der Waals surface area contributed by atoms with Gasteiger partial charge in [0.2, 0.25) is 0 Å². The maximum absolute atomic E-state index is 12.0. The zero-order valence-electron chi connectivity index (χ0n) is 12.1. The Morgan fingerprint density at radius 1 is 1.32 bits per heavy atom. The van der Waals surface area contributed by atoms with E-state index in [2.05, 4.69) is 10.5 Å². The van der Waals surface area contributed by atoms with Crippen LogP contribution in [0.1, 0.15) is 21.5 Å². The minimum atomic E-state index is -0.396. The maximum atomic E-state index is 12.0. The summed E-state index contributed by atoms with van der Waals surface area (Å²) in [6.45, 7) is 1.89. The highest BCUT2D eigenvalue weighted by Gasteiger charge is 2.09. The summed E-state index contributed by atoms with van der Waals surface area (Å²) >= 11 is 6.02. The molecule has 0 saturated heterocycles. The SMILES string of the molecule is COc1cc(/C=N/NC(=O)c2ccc(C)cc2Cl)ccc1O. The van der Waals surface area contributed by atoms with Crippen LogP contribution in [0.4, 0.5) is 0 Å². The van der Waals surface area contributed by atoms with E-state index < -0.39 is 5.91 Å². The lowest BCUT2D eigenvalue weighted by Gasteiger charge is -2.04. The number of benzene rings is 2. The van der Waals surface area contributed by atoms with E-state index >= 15 is 0 Å². The van der Waals surface area contributed by atoms with Crippen LogP contribution in [0.15, 0.2) is 41.5 Å². The predicted octanol–water partition coefficient (Wildman–Crippen LogP) is 3.13. The Morgan fingerprint density at radius 3 is 2.77 bits per heavy atom. The van der Waals surface area contributed by atoms with Crippen molar-refractivity contribution in [2.75, 3.05) is 7.11 Å². The zero-order chi connectivity index (χ0) is 16.1. The van der Waals surface area contributed by atoms with Gasteiger partial charge in [-0.05, 0) is 48.4 Å². The molecule has 0 saturated carbocycles. The number of hydrazone groups is 1. The topological polar surface area (TPSA) is 70.9 Å². The van der Waals surface area contributed by atoms with Gasteiger partial charge in [0.1, 0.15) is 0 Å². The van der Waals surface area contributed by atoms with Gasteiger partial charge in [0.25, 0.3) is 5.91 Å². The van der Waals surface area contributed by atoms with E-state index in [9.17, 15) is 9.90 Å². The molecule has 0 heterocycles. The molecule has 22 heavy (non-hydrogen) atoms. The van der Waals surface area contributed by atoms with Crippen LogP contribution in [-0.4, -0.2) is 24.3 Å². The van der Waals surface area contributed by atoms with E-state index in [4.69, 9.17) is 16.3 Å². The normalized spacial score (nSPS) is 10.7. The number of carbonyl (C=O) groups is 1. The molecule has 2 aromatic rings. The smallest absolute Gasteiger partial charge is 0.272 e. The summed E-state index contributed by atoms with van der Waals surface area (Å²) in [6, 6.07) is 9.89. The number of ether oxygens (including phenoxy) is 1. The summed E-state index contributed by atoms with van der Waals surface area (Å²) in [5.41, 5.74) is 4.40. The van der Waals surface area contributed by atoms with Crippen molar-refractivity contribution in [2.45, 2.75) is 6.92 Å². The Balaban J connectivity index is 2.07. The number of phenolic OH excluding ortho intramolecular Hbond substituents is 1. The average Bonchev–Trinajstić information content (AvgIpc) is 2.48. The molecule has 0 radical (unpaired) electrons. The molecule has 2 N–H and O–H groups in total. The molecule has 2 aromatic carbocycles. The molecule has 0 bridgehead atoms. The average molecular weight is 319 g/mol. The molecule has 0 atom stereocenters. The lowest BCUT2D eigenvalue weighted by atomic mass is 10.1. The molecule has 0 aliphatic heterocycles. The molecular formula is C16H15ClN2O3. The first-order chi connectivity index (χ1) is 10.5. The number of hydrogen-bond donors (Lipinski definition) is 2. The highest BCUT2D eigenvalue weighted by Crippen LogP contribution is 2.25. The first-order valence-electron chi connectivity index (χ1n) is 6.48. The van der Waals surface area contributed by atoms with Crippen LogP contribution in [0.25, 0.3) is 0 Å². The van der Waals surface area contributed by atoms with Crippen LogP contribution in [0.2, 0.25) is 5.02 Å². The van der Waals surface area contributed by atoms with Gasteiger partial charge in [-0.25, -0.2) is 5.43 Å². The van der Waals surface area contributed by atoms with E-state index in [0.717, 1.165) is 5.56 Å². The number of methoxy groups -OCH3 is 1. The standard InChI is InChI=1S/C16H15ClN2O3/c1-10-3-5-12(13(17)7-10)16(21)19-18-9-11-4-6-14(20)15(8-11)22-2/h3-9,20H,1-2H3,(H,19,21)/b18-9+. The van der Waals surface area contributed by atoms with Crippen molar-refractivity contribution in [1.29, 1.82) is 0 Å². The van der Waals surface area contributed by atoms with Crippen LogP contribution in [0, 0.1) is 6.92 Å². The first kappa shape index (κ1) is 15.9. The lowest BCUT2D eigenvalue weighted by molar-refractivity contribution is 0.0955. The Kier molecular flexibility index (Phi) is 5.01. The summed E-state index contributed by atoms with van der Waals surface area (Å²) in [5, 5.41) is 13.7. The van der Waals surface area contributed by atoms with E-state index in [0.29, 0.717) is 21.9 Å². The van der Waals surface area contributed by atoms with Crippen LogP contribution in [0.5, 0.6) is 11.5 Å². The molecule has 6 heteroatoms. The van der Waals surface area contributed by atoms with Gasteiger partial charge >= 0.3 is 0 Å². The molecular weight excluding hydrogens is 304 g/mol. The monoisotopic (exact) mass is 318 g/mol. The number of halogens is 1. The number of carbonyl (C=O) groups excluding carboxylic acids is 1. The van der Waals surface area contributed by atoms with Gasteiger partial charge in [0, 0.05) is 0 Å². The third kappa shape index (κ3) is 3.77. The molecule has 114 valence electrons. The Hall–Kier alpha value is -2.53. The lowest BCUT2D eigenvalue weighted by Crippen LogP contribution is -2.18. The summed E-state index contributed by atoms with van der Waals surface area (Å²) in [5.74, 6) is -0.0287. The summed E-state index contributed by atoms with van der Waals surface area (Å²) in [4.78, 5) is 12.0. The molecule has 0 aromatic heterocycles. The minimum Gasteiger partial charge on any atom is -0.504 e. The second kappa shape index (κ2) is 6.95. The minimum absolute atomic E-state index is 0.0372. The number of nitrogens with zero attached hydrogens (tertiary/aromatic N) is 1. The Morgan fingerprint density at radius 2 is 2.09 bits per heavy atom. The van der Waals surface area contributed by atoms with E-state index in [1.807, 2.05) is 6.92 Å². The second-order valence-electron chi connectivity index (χ2n) is 4.61. The number of aryl methyl sites for hydroxylation is 1. The van der Waals surface area contributed by atoms with Crippen molar-refractivity contribution in [2.24, 2.45) is 5.10 Å². The van der Waals surface area contributed by atoms with Crippen LogP contribution >= 0.6 is 11.6 Å². The van der Waals surface area contributed by atoms with Crippen molar-refractivity contribution in [3.8, 4) is 11.5 Å². The van der Waals surface area contributed by atoms with Crippen LogP contribution < -0.4 is 10.2 Å². The van der Waals surface area contributed by atoms with Gasteiger partial charge < -0.3 is 9.84 Å². The summed E-state index contributed by atoms with van der Waals surface area (Å²) in [6.07, 6.45) is 1.45. The fourth-order valence-corrected chi connectivity index (χ4v) is 2.13. The van der Waals surface area contributed by atoms with E-state index in [1.54, 1.807) is 30.3 Å². The first-order valence-corrected chi connectivity index (χ1v) is 6.85. The third-order valence-corrected chi connectivity index (χ3v) is 3.27. The molecule has 0 unspecified atom stereocenters. The molecule has 1 amide bonds. The van der Waals surface area contributed by atoms with Crippen molar-refractivity contribution in [1.82, 2.24) is 5.43 Å². The Labute approximate surface area is 133 Å². The highest BCUT2D eigenvalue weighted by atomic mass is 35.5. The molecule has 5 nitrogen and oxygen atoms in total. The number of amides is 1. The summed E-state index contributed by atoms with van der Waals surface area (Å²) in [7, 11) is 1.46. The zero-order valence-corrected chi connectivity index (χ0v) is 12.9. The van der Waals surface area contributed by atoms with Crippen LogP contribution in [0.3, 0.4) is 0 Å². The van der Waals surface area contributed by atoms with Gasteiger partial charge in [-0.1, -0.05) is 17.7 Å². The fourth-order valence-electron chi connectivity index (χ4n) is 1.80. The van der Waals surface area contributed by atoms with Gasteiger partial charge in [0.05, 0.1) is 23.9 Å².